The van der Waals surface area contributed by atoms with Crippen LogP contribution in [0.15, 0.2) is 6.20 Å². The van der Waals surface area contributed by atoms with E-state index >= 15 is 0 Å². The molecule has 1 N–H and O–H groups in total. The average molecular weight is 138 g/mol. The predicted octanol–water partition coefficient (Wildman–Crippen LogP) is 1.17. The van der Waals surface area contributed by atoms with Gasteiger partial charge < -0.3 is 0 Å². The van der Waals surface area contributed by atoms with E-state index in [1.807, 2.05) is 0 Å². The van der Waals surface area contributed by atoms with Gasteiger partial charge in [0.25, 0.3) is 0 Å². The molecule has 0 aliphatic rings. The van der Waals surface area contributed by atoms with Crippen molar-refractivity contribution >= 4 is 6.29 Å². The molecule has 0 amide bonds. The first-order valence-electron chi connectivity index (χ1n) is 3.36. The molecule has 3 heteroatoms. The average Bonchev–Trinajstić information content (AvgIpc) is 2.36. The van der Waals surface area contributed by atoms with Gasteiger partial charge >= 0.3 is 0 Å². The molecule has 0 spiro atoms. The molecule has 1 aromatic heterocycles. The minimum absolute atomic E-state index is 0.613. The molecule has 0 aromatic carbocycles. The lowest BCUT2D eigenvalue weighted by Crippen LogP contribution is -1.87. The monoisotopic (exact) mass is 138 g/mol. The molecule has 54 valence electrons. The van der Waals surface area contributed by atoms with Crippen molar-refractivity contribution in [2.75, 3.05) is 0 Å². The highest BCUT2D eigenvalue weighted by Gasteiger charge is 2.00. The second-order valence-electron chi connectivity index (χ2n) is 2.18. The number of hydrogen-bond acceptors (Lipinski definition) is 2. The number of aromatic amines is 1. The summed E-state index contributed by atoms with van der Waals surface area (Å²) < 4.78 is 0. The Morgan fingerprint density at radius 2 is 2.60 bits per heavy atom. The quantitative estimate of drug-likeness (QED) is 0.637. The first-order chi connectivity index (χ1) is 4.88. The maximum Gasteiger partial charge on any atom is 0.168 e. The number of carbonyl (C=O) groups is 1. The second kappa shape index (κ2) is 3.15. The Bertz CT molecular complexity index is 217. The maximum atomic E-state index is 10.3. The van der Waals surface area contributed by atoms with E-state index in [0.717, 1.165) is 24.7 Å². The summed E-state index contributed by atoms with van der Waals surface area (Å²) in [5, 5.41) is 6.38. The summed E-state index contributed by atoms with van der Waals surface area (Å²) in [7, 11) is 0. The molecule has 0 fully saturated rings. The largest absolute Gasteiger partial charge is 0.296 e. The highest BCUT2D eigenvalue weighted by Crippen LogP contribution is 2.03. The number of aromatic nitrogens is 2. The van der Waals surface area contributed by atoms with E-state index in [9.17, 15) is 4.79 Å². The molecule has 0 saturated heterocycles. The van der Waals surface area contributed by atoms with Crippen LogP contribution in [0.2, 0.25) is 0 Å². The van der Waals surface area contributed by atoms with Gasteiger partial charge in [-0.1, -0.05) is 13.3 Å². The van der Waals surface area contributed by atoms with Gasteiger partial charge in [-0.15, -0.1) is 0 Å². The van der Waals surface area contributed by atoms with E-state index in [2.05, 4.69) is 17.1 Å². The van der Waals surface area contributed by atoms with Crippen LogP contribution >= 0.6 is 0 Å². The Balaban J connectivity index is 2.79. The normalized spacial score (nSPS) is 9.70. The molecule has 1 heterocycles. The minimum atomic E-state index is 0.613. The summed E-state index contributed by atoms with van der Waals surface area (Å²) in [5.74, 6) is 0. The summed E-state index contributed by atoms with van der Waals surface area (Å²) >= 11 is 0. The molecule has 1 aromatic rings. The summed E-state index contributed by atoms with van der Waals surface area (Å²) in [5.41, 5.74) is 1.62. The molecule has 10 heavy (non-hydrogen) atoms. The van der Waals surface area contributed by atoms with E-state index in [-0.39, 0.29) is 0 Å². The van der Waals surface area contributed by atoms with Crippen LogP contribution in [-0.2, 0) is 6.42 Å². The highest BCUT2D eigenvalue weighted by atomic mass is 16.1. The zero-order valence-corrected chi connectivity index (χ0v) is 5.92. The van der Waals surface area contributed by atoms with Crippen LogP contribution in [-0.4, -0.2) is 16.5 Å². The number of nitrogens with zero attached hydrogens (tertiary/aromatic N) is 1. The third-order valence-corrected chi connectivity index (χ3v) is 1.39. The van der Waals surface area contributed by atoms with E-state index in [0.29, 0.717) is 5.69 Å². The minimum Gasteiger partial charge on any atom is -0.296 e. The maximum absolute atomic E-state index is 10.3. The van der Waals surface area contributed by atoms with Gasteiger partial charge in [0.1, 0.15) is 5.69 Å². The zero-order valence-electron chi connectivity index (χ0n) is 5.92. The highest BCUT2D eigenvalue weighted by molar-refractivity contribution is 5.73. The van der Waals surface area contributed by atoms with Crippen molar-refractivity contribution in [1.29, 1.82) is 0 Å². The Morgan fingerprint density at radius 1 is 1.80 bits per heavy atom. The van der Waals surface area contributed by atoms with Gasteiger partial charge in [-0.25, -0.2) is 0 Å². The third kappa shape index (κ3) is 1.23. The standard InChI is InChI=1S/C7H10N2O/c1-2-3-6-4-8-9-7(6)5-10/h4-5H,2-3H2,1H3,(H,8,9). The van der Waals surface area contributed by atoms with Crippen molar-refractivity contribution in [1.82, 2.24) is 10.2 Å². The van der Waals surface area contributed by atoms with Crippen molar-refractivity contribution in [3.63, 3.8) is 0 Å². The molecule has 0 aliphatic carbocycles. The van der Waals surface area contributed by atoms with E-state index in [1.54, 1.807) is 6.20 Å². The van der Waals surface area contributed by atoms with Crippen molar-refractivity contribution < 1.29 is 4.79 Å². The molecular weight excluding hydrogens is 128 g/mol. The number of aryl methyl sites for hydroxylation is 1. The summed E-state index contributed by atoms with van der Waals surface area (Å²) in [6.07, 6.45) is 4.47. The first-order valence-corrected chi connectivity index (χ1v) is 3.36. The van der Waals surface area contributed by atoms with Gasteiger partial charge in [0.2, 0.25) is 0 Å². The lowest BCUT2D eigenvalue weighted by atomic mass is 10.1. The Morgan fingerprint density at radius 3 is 3.20 bits per heavy atom. The third-order valence-electron chi connectivity index (χ3n) is 1.39. The summed E-state index contributed by atoms with van der Waals surface area (Å²) in [4.78, 5) is 10.3. The zero-order chi connectivity index (χ0) is 7.40. The number of aldehydes is 1. The summed E-state index contributed by atoms with van der Waals surface area (Å²) in [6, 6.07) is 0. The molecule has 1 rings (SSSR count). The smallest absolute Gasteiger partial charge is 0.168 e. The SMILES string of the molecule is CCCc1cn[nH]c1C=O. The van der Waals surface area contributed by atoms with Crippen LogP contribution < -0.4 is 0 Å². The van der Waals surface area contributed by atoms with Crippen molar-refractivity contribution in [2.45, 2.75) is 19.8 Å². The van der Waals surface area contributed by atoms with E-state index < -0.39 is 0 Å². The topological polar surface area (TPSA) is 45.8 Å². The first kappa shape index (κ1) is 6.99. The van der Waals surface area contributed by atoms with Gasteiger partial charge in [0.15, 0.2) is 6.29 Å². The van der Waals surface area contributed by atoms with E-state index in [1.165, 1.54) is 0 Å². The van der Waals surface area contributed by atoms with Crippen molar-refractivity contribution in [3.8, 4) is 0 Å². The molecule has 0 aliphatic heterocycles. The van der Waals surface area contributed by atoms with Gasteiger partial charge in [-0.05, 0) is 6.42 Å². The molecule has 0 bridgehead atoms. The second-order valence-corrected chi connectivity index (χ2v) is 2.18. The van der Waals surface area contributed by atoms with Crippen LogP contribution in [0.3, 0.4) is 0 Å². The van der Waals surface area contributed by atoms with Gasteiger partial charge in [0, 0.05) is 5.56 Å². The fraction of sp³-hybridized carbons (Fsp3) is 0.429. The van der Waals surface area contributed by atoms with Gasteiger partial charge in [-0.3, -0.25) is 9.89 Å². The Hall–Kier alpha value is -1.12. The van der Waals surface area contributed by atoms with Gasteiger partial charge in [0.05, 0.1) is 6.20 Å². The number of H-pyrrole nitrogens is 1. The number of rotatable bonds is 3. The Labute approximate surface area is 59.4 Å². The van der Waals surface area contributed by atoms with E-state index in [4.69, 9.17) is 0 Å². The predicted molar refractivity (Wildman–Crippen MR) is 38.0 cm³/mol. The van der Waals surface area contributed by atoms with Crippen LogP contribution in [0.25, 0.3) is 0 Å². The summed E-state index contributed by atoms with van der Waals surface area (Å²) in [6.45, 7) is 2.07. The molecule has 0 radical (unpaired) electrons. The van der Waals surface area contributed by atoms with Crippen LogP contribution in [0.1, 0.15) is 29.4 Å². The van der Waals surface area contributed by atoms with Crippen LogP contribution in [0.5, 0.6) is 0 Å². The van der Waals surface area contributed by atoms with Crippen molar-refractivity contribution in [3.05, 3.63) is 17.5 Å². The molecule has 0 saturated carbocycles. The molecule has 0 atom stereocenters. The van der Waals surface area contributed by atoms with Crippen LogP contribution in [0, 0.1) is 0 Å². The lowest BCUT2D eigenvalue weighted by molar-refractivity contribution is 0.111. The number of carbonyl (C=O) groups excluding carboxylic acids is 1. The molecular formula is C7H10N2O. The lowest BCUT2D eigenvalue weighted by Gasteiger charge is -1.90. The molecule has 0 unspecified atom stereocenters. The number of hydrogen-bond donors (Lipinski definition) is 1. The molecule has 3 nitrogen and oxygen atoms in total. The van der Waals surface area contributed by atoms with Gasteiger partial charge in [-0.2, -0.15) is 5.10 Å². The Kier molecular flexibility index (Phi) is 2.20. The van der Waals surface area contributed by atoms with Crippen LogP contribution in [0.4, 0.5) is 0 Å². The fourth-order valence-corrected chi connectivity index (χ4v) is 0.892. The van der Waals surface area contributed by atoms with Crippen molar-refractivity contribution in [2.24, 2.45) is 0 Å². The fourth-order valence-electron chi connectivity index (χ4n) is 0.892. The number of nitrogens with one attached hydrogen (secondary N) is 1.